The zero-order valence-corrected chi connectivity index (χ0v) is 12.3. The predicted molar refractivity (Wildman–Crippen MR) is 84.8 cm³/mol. The summed E-state index contributed by atoms with van der Waals surface area (Å²) in [5.74, 6) is 0. The molecule has 0 spiro atoms. The van der Waals surface area contributed by atoms with E-state index in [-0.39, 0.29) is 0 Å². The largest absolute Gasteiger partial charge is 0.347 e. The average Bonchev–Trinajstić information content (AvgIpc) is 2.84. The number of hydrogen-bond acceptors (Lipinski definition) is 1. The lowest BCUT2D eigenvalue weighted by molar-refractivity contribution is 0.417. The summed E-state index contributed by atoms with van der Waals surface area (Å²) >= 11 is 0. The van der Waals surface area contributed by atoms with Gasteiger partial charge >= 0.3 is 0 Å². The third-order valence-electron chi connectivity index (χ3n) is 3.96. The molecule has 3 rings (SSSR count). The second-order valence-electron chi connectivity index (χ2n) is 5.70. The summed E-state index contributed by atoms with van der Waals surface area (Å²) in [7, 11) is 4.25. The van der Waals surface area contributed by atoms with Crippen LogP contribution in [-0.2, 0) is 13.0 Å². The first kappa shape index (κ1) is 13.2. The number of fused-ring (bicyclic) bond motifs is 2. The van der Waals surface area contributed by atoms with Crippen LogP contribution in [0.1, 0.15) is 23.2 Å². The van der Waals surface area contributed by atoms with Crippen molar-refractivity contribution >= 4 is 5.57 Å². The van der Waals surface area contributed by atoms with Crippen molar-refractivity contribution in [1.29, 1.82) is 0 Å². The Morgan fingerprint density at radius 2 is 2.00 bits per heavy atom. The van der Waals surface area contributed by atoms with Crippen molar-refractivity contribution in [3.8, 4) is 0 Å². The van der Waals surface area contributed by atoms with Gasteiger partial charge in [0.2, 0.25) is 0 Å². The lowest BCUT2D eigenvalue weighted by atomic mass is 9.96. The van der Waals surface area contributed by atoms with Crippen LogP contribution in [-0.4, -0.2) is 30.1 Å². The Kier molecular flexibility index (Phi) is 3.75. The van der Waals surface area contributed by atoms with Gasteiger partial charge in [-0.1, -0.05) is 30.3 Å². The first-order valence-electron chi connectivity index (χ1n) is 7.34. The molecule has 1 aromatic carbocycles. The molecule has 0 fully saturated rings. The third-order valence-corrected chi connectivity index (χ3v) is 3.96. The van der Waals surface area contributed by atoms with Crippen LogP contribution in [0.3, 0.4) is 0 Å². The van der Waals surface area contributed by atoms with E-state index >= 15 is 0 Å². The van der Waals surface area contributed by atoms with Gasteiger partial charge in [-0.3, -0.25) is 0 Å². The Morgan fingerprint density at radius 3 is 2.85 bits per heavy atom. The van der Waals surface area contributed by atoms with Gasteiger partial charge in [-0.15, -0.1) is 0 Å². The second kappa shape index (κ2) is 5.68. The minimum Gasteiger partial charge on any atom is -0.347 e. The van der Waals surface area contributed by atoms with Gasteiger partial charge in [-0.05, 0) is 50.2 Å². The zero-order valence-electron chi connectivity index (χ0n) is 12.3. The molecule has 0 saturated carbocycles. The highest BCUT2D eigenvalue weighted by Crippen LogP contribution is 2.30. The van der Waals surface area contributed by atoms with E-state index in [1.165, 1.54) is 22.4 Å². The van der Waals surface area contributed by atoms with Crippen LogP contribution in [0.15, 0.2) is 48.7 Å². The Labute approximate surface area is 121 Å². The topological polar surface area (TPSA) is 8.17 Å². The maximum Gasteiger partial charge on any atom is 0.0483 e. The van der Waals surface area contributed by atoms with E-state index in [1.807, 2.05) is 0 Å². The third kappa shape index (κ3) is 2.56. The fraction of sp³-hybridized carbons (Fsp3) is 0.333. The van der Waals surface area contributed by atoms with Gasteiger partial charge in [0.15, 0.2) is 0 Å². The lowest BCUT2D eigenvalue weighted by Crippen LogP contribution is -2.12. The maximum absolute atomic E-state index is 2.40. The van der Waals surface area contributed by atoms with Gasteiger partial charge in [0.1, 0.15) is 0 Å². The maximum atomic E-state index is 2.40. The summed E-state index contributed by atoms with van der Waals surface area (Å²) in [6, 6.07) is 13.2. The van der Waals surface area contributed by atoms with Gasteiger partial charge in [0, 0.05) is 30.6 Å². The van der Waals surface area contributed by atoms with Gasteiger partial charge < -0.3 is 9.47 Å². The summed E-state index contributed by atoms with van der Waals surface area (Å²) in [5, 5.41) is 0. The number of rotatable bonds is 3. The molecule has 104 valence electrons. The molecule has 0 unspecified atom stereocenters. The summed E-state index contributed by atoms with van der Waals surface area (Å²) in [4.78, 5) is 2.23. The molecule has 0 amide bonds. The Bertz CT molecular complexity index is 620. The van der Waals surface area contributed by atoms with Crippen molar-refractivity contribution in [2.75, 3.05) is 20.6 Å². The van der Waals surface area contributed by atoms with E-state index in [0.717, 1.165) is 25.9 Å². The molecule has 0 radical (unpaired) electrons. The average molecular weight is 266 g/mol. The quantitative estimate of drug-likeness (QED) is 0.826. The Morgan fingerprint density at radius 1 is 1.15 bits per heavy atom. The highest BCUT2D eigenvalue weighted by molar-refractivity contribution is 5.80. The number of nitrogens with zero attached hydrogens (tertiary/aromatic N) is 2. The highest BCUT2D eigenvalue weighted by atomic mass is 15.0. The molecule has 2 nitrogen and oxygen atoms in total. The Hall–Kier alpha value is -1.80. The molecule has 2 aromatic rings. The zero-order chi connectivity index (χ0) is 13.9. The molecule has 2 heteroatoms. The van der Waals surface area contributed by atoms with Crippen LogP contribution in [0.2, 0.25) is 0 Å². The molecule has 1 aliphatic rings. The van der Waals surface area contributed by atoms with E-state index in [0.29, 0.717) is 0 Å². The van der Waals surface area contributed by atoms with E-state index in [1.54, 1.807) is 0 Å². The number of aryl methyl sites for hydroxylation is 2. The molecule has 1 aromatic heterocycles. The van der Waals surface area contributed by atoms with E-state index in [4.69, 9.17) is 0 Å². The standard InChI is InChI=1S/C18H22N2/c1-19(2)12-5-9-17-16-8-4-3-7-15(16)11-14-20-13-6-10-18(17)20/h3-4,6-10,13H,5,11-12,14H2,1-2H3/b17-9+. The summed E-state index contributed by atoms with van der Waals surface area (Å²) in [6.07, 6.45) is 6.79. The molecule has 0 saturated heterocycles. The fourth-order valence-electron chi connectivity index (χ4n) is 2.92. The van der Waals surface area contributed by atoms with Crippen molar-refractivity contribution in [3.63, 3.8) is 0 Å². The lowest BCUT2D eigenvalue weighted by Gasteiger charge is -2.12. The van der Waals surface area contributed by atoms with Crippen LogP contribution in [0.5, 0.6) is 0 Å². The van der Waals surface area contributed by atoms with E-state index < -0.39 is 0 Å². The number of benzene rings is 1. The van der Waals surface area contributed by atoms with Crippen molar-refractivity contribution in [3.05, 3.63) is 65.5 Å². The van der Waals surface area contributed by atoms with E-state index in [2.05, 4.69) is 72.2 Å². The van der Waals surface area contributed by atoms with Crippen molar-refractivity contribution < 1.29 is 0 Å². The first-order valence-corrected chi connectivity index (χ1v) is 7.34. The SMILES string of the molecule is CN(C)CC/C=C1\c2ccccc2CCn2cccc21. The van der Waals surface area contributed by atoms with Crippen molar-refractivity contribution in [2.45, 2.75) is 19.4 Å². The minimum absolute atomic E-state index is 1.07. The first-order chi connectivity index (χ1) is 9.75. The molecule has 2 heterocycles. The molecular weight excluding hydrogens is 244 g/mol. The molecular formula is C18H22N2. The molecule has 20 heavy (non-hydrogen) atoms. The predicted octanol–water partition coefficient (Wildman–Crippen LogP) is 3.43. The Balaban J connectivity index is 2.03. The molecule has 0 N–H and O–H groups in total. The van der Waals surface area contributed by atoms with Crippen molar-refractivity contribution in [1.82, 2.24) is 9.47 Å². The minimum atomic E-state index is 1.07. The van der Waals surface area contributed by atoms with Crippen molar-refractivity contribution in [2.24, 2.45) is 0 Å². The smallest absolute Gasteiger partial charge is 0.0483 e. The molecule has 0 bridgehead atoms. The molecule has 0 aliphatic carbocycles. The summed E-state index contributed by atoms with van der Waals surface area (Å²) in [5.41, 5.74) is 5.62. The molecule has 0 atom stereocenters. The summed E-state index contributed by atoms with van der Waals surface area (Å²) in [6.45, 7) is 2.16. The number of hydrogen-bond donors (Lipinski definition) is 0. The van der Waals surface area contributed by atoms with Crippen LogP contribution in [0.25, 0.3) is 5.57 Å². The highest BCUT2D eigenvalue weighted by Gasteiger charge is 2.16. The van der Waals surface area contributed by atoms with Gasteiger partial charge in [0.25, 0.3) is 0 Å². The van der Waals surface area contributed by atoms with Crippen LogP contribution < -0.4 is 0 Å². The van der Waals surface area contributed by atoms with Crippen LogP contribution >= 0.6 is 0 Å². The van der Waals surface area contributed by atoms with Gasteiger partial charge in [0.05, 0.1) is 0 Å². The summed E-state index contributed by atoms with van der Waals surface area (Å²) < 4.78 is 2.38. The second-order valence-corrected chi connectivity index (χ2v) is 5.70. The molecule has 1 aliphatic heterocycles. The number of aromatic nitrogens is 1. The van der Waals surface area contributed by atoms with Gasteiger partial charge in [-0.25, -0.2) is 0 Å². The van der Waals surface area contributed by atoms with Gasteiger partial charge in [-0.2, -0.15) is 0 Å². The van der Waals surface area contributed by atoms with E-state index in [9.17, 15) is 0 Å². The van der Waals surface area contributed by atoms with Crippen LogP contribution in [0.4, 0.5) is 0 Å². The monoisotopic (exact) mass is 266 g/mol. The normalized spacial score (nSPS) is 16.1. The van der Waals surface area contributed by atoms with Crippen LogP contribution in [0, 0.1) is 0 Å². The fourth-order valence-corrected chi connectivity index (χ4v) is 2.92.